The second kappa shape index (κ2) is 30.7. The van der Waals surface area contributed by atoms with E-state index in [1.807, 2.05) is 0 Å². The minimum absolute atomic E-state index is 0.0167. The molecule has 0 radical (unpaired) electrons. The zero-order chi connectivity index (χ0) is 31.9. The molecular formula is C37H70O6. The zero-order valence-corrected chi connectivity index (χ0v) is 28.4. The van der Waals surface area contributed by atoms with Crippen LogP contribution in [0.25, 0.3) is 0 Å². The lowest BCUT2D eigenvalue weighted by molar-refractivity contribution is -0.179. The number of hydrogen-bond acceptors (Lipinski definition) is 6. The third-order valence-electron chi connectivity index (χ3n) is 8.73. The summed E-state index contributed by atoms with van der Waals surface area (Å²) in [6.07, 6.45) is 33.6. The molecule has 0 aromatic rings. The number of Topliss-reactive ketones (excluding diaryl/α,β-unsaturated/α-hetero) is 1. The summed E-state index contributed by atoms with van der Waals surface area (Å²) < 4.78 is 4.76. The molecular weight excluding hydrogens is 540 g/mol. The third-order valence-corrected chi connectivity index (χ3v) is 8.73. The van der Waals surface area contributed by atoms with Crippen LogP contribution in [0.1, 0.15) is 206 Å². The highest BCUT2D eigenvalue weighted by atomic mass is 16.6. The fourth-order valence-corrected chi connectivity index (χ4v) is 5.66. The number of ketones is 1. The van der Waals surface area contributed by atoms with Crippen LogP contribution in [0.3, 0.4) is 0 Å². The van der Waals surface area contributed by atoms with Crippen molar-refractivity contribution in [2.24, 2.45) is 0 Å². The van der Waals surface area contributed by atoms with E-state index >= 15 is 0 Å². The fourth-order valence-electron chi connectivity index (χ4n) is 5.66. The van der Waals surface area contributed by atoms with E-state index < -0.39 is 29.9 Å². The van der Waals surface area contributed by atoms with Gasteiger partial charge in [-0.05, 0) is 12.8 Å². The van der Waals surface area contributed by atoms with Gasteiger partial charge in [0.05, 0.1) is 6.61 Å². The molecule has 0 aromatic heterocycles. The van der Waals surface area contributed by atoms with E-state index in [9.17, 15) is 24.6 Å². The molecule has 254 valence electrons. The third kappa shape index (κ3) is 24.7. The number of hydrogen-bond donors (Lipinski definition) is 2. The Bertz CT molecular complexity index is 663. The van der Waals surface area contributed by atoms with Gasteiger partial charge in [0.15, 0.2) is 5.78 Å². The number of carbonyl (C=O) groups is 3. The summed E-state index contributed by atoms with van der Waals surface area (Å²) in [6.45, 7) is 3.42. The Balaban J connectivity index is 3.81. The maximum atomic E-state index is 12.5. The van der Waals surface area contributed by atoms with Crippen LogP contribution in [0.5, 0.6) is 0 Å². The van der Waals surface area contributed by atoms with Crippen LogP contribution < -0.4 is 0 Å². The van der Waals surface area contributed by atoms with E-state index in [0.29, 0.717) is 12.8 Å². The van der Waals surface area contributed by atoms with Crippen molar-refractivity contribution in [1.29, 1.82) is 0 Å². The summed E-state index contributed by atoms with van der Waals surface area (Å²) >= 11 is 0. The molecule has 1 atom stereocenters. The van der Waals surface area contributed by atoms with Gasteiger partial charge in [-0.15, -0.1) is 0 Å². The van der Waals surface area contributed by atoms with Crippen LogP contribution in [-0.4, -0.2) is 40.1 Å². The number of aliphatic hydroxyl groups excluding tert-OH is 1. The molecule has 0 bridgehead atoms. The number of unbranched alkanes of at least 4 members (excludes halogenated alkanes) is 26. The van der Waals surface area contributed by atoms with Crippen molar-refractivity contribution < 1.29 is 29.3 Å². The number of esters is 2. The molecule has 0 amide bonds. The van der Waals surface area contributed by atoms with Crippen molar-refractivity contribution in [3.63, 3.8) is 0 Å². The lowest BCUT2D eigenvalue weighted by atomic mass is 9.94. The van der Waals surface area contributed by atoms with Gasteiger partial charge < -0.3 is 14.9 Å². The summed E-state index contributed by atoms with van der Waals surface area (Å²) in [5, 5.41) is 20.1. The highest BCUT2D eigenvalue weighted by molar-refractivity contribution is 6.09. The summed E-state index contributed by atoms with van der Waals surface area (Å²) in [5.41, 5.74) is -2.65. The zero-order valence-electron chi connectivity index (χ0n) is 28.4. The Morgan fingerprint density at radius 3 is 1.05 bits per heavy atom. The first kappa shape index (κ1) is 41.7. The fraction of sp³-hybridized carbons (Fsp3) is 0.919. The second-order valence-electron chi connectivity index (χ2n) is 12.9. The van der Waals surface area contributed by atoms with Crippen LogP contribution in [0, 0.1) is 0 Å². The topological polar surface area (TPSA) is 101 Å². The smallest absolute Gasteiger partial charge is 0.356 e. The van der Waals surface area contributed by atoms with Gasteiger partial charge in [0.2, 0.25) is 5.60 Å². The van der Waals surface area contributed by atoms with Gasteiger partial charge in [-0.25, -0.2) is 4.79 Å². The first-order chi connectivity index (χ1) is 20.9. The molecule has 43 heavy (non-hydrogen) atoms. The number of ether oxygens (including phenoxy) is 1. The van der Waals surface area contributed by atoms with Crippen LogP contribution in [0.15, 0.2) is 0 Å². The molecule has 2 N–H and O–H groups in total. The average Bonchev–Trinajstić information content (AvgIpc) is 3.00. The Kier molecular flexibility index (Phi) is 29.8. The molecule has 0 spiro atoms. The quantitative estimate of drug-likeness (QED) is 0.0435. The highest BCUT2D eigenvalue weighted by Gasteiger charge is 2.45. The molecule has 0 aromatic carbocycles. The van der Waals surface area contributed by atoms with Gasteiger partial charge in [-0.3, -0.25) is 9.59 Å². The molecule has 0 aliphatic rings. The van der Waals surface area contributed by atoms with E-state index in [-0.39, 0.29) is 12.8 Å². The SMILES string of the molecule is CCCCCCCCCCCCCCCCCC(=O)OC(=O)C(O)(CO)C(=O)CCCCCCCCCCCCCCC. The Labute approximate surface area is 265 Å². The van der Waals surface area contributed by atoms with Crippen LogP contribution >= 0.6 is 0 Å². The Hall–Kier alpha value is -1.27. The summed E-state index contributed by atoms with van der Waals surface area (Å²) in [5.74, 6) is -2.87. The molecule has 1 unspecified atom stereocenters. The largest absolute Gasteiger partial charge is 0.392 e. The number of aliphatic hydroxyl groups is 2. The van der Waals surface area contributed by atoms with E-state index in [1.54, 1.807) is 0 Å². The van der Waals surface area contributed by atoms with Crippen molar-refractivity contribution in [2.75, 3.05) is 6.61 Å². The van der Waals surface area contributed by atoms with E-state index in [4.69, 9.17) is 4.74 Å². The molecule has 0 saturated carbocycles. The molecule has 6 nitrogen and oxygen atoms in total. The van der Waals surface area contributed by atoms with Crippen molar-refractivity contribution >= 4 is 17.7 Å². The predicted molar refractivity (Wildman–Crippen MR) is 178 cm³/mol. The summed E-state index contributed by atoms with van der Waals surface area (Å²) in [6, 6.07) is 0. The van der Waals surface area contributed by atoms with Crippen LogP contribution in [-0.2, 0) is 19.1 Å². The summed E-state index contributed by atoms with van der Waals surface area (Å²) in [7, 11) is 0. The molecule has 0 aliphatic carbocycles. The van der Waals surface area contributed by atoms with Gasteiger partial charge in [-0.2, -0.15) is 0 Å². The normalized spacial score (nSPS) is 12.7. The monoisotopic (exact) mass is 611 g/mol. The average molecular weight is 611 g/mol. The standard InChI is InChI=1S/C37H70O6/c1-3-5-7-9-11-13-15-17-18-20-22-24-26-28-30-32-35(40)43-36(41)37(42,33-38)34(39)31-29-27-25-23-21-19-16-14-12-10-8-6-4-2/h38,42H,3-33H2,1-2H3. The molecule has 0 fully saturated rings. The van der Waals surface area contributed by atoms with Crippen molar-refractivity contribution in [3.05, 3.63) is 0 Å². The molecule has 0 heterocycles. The first-order valence-electron chi connectivity index (χ1n) is 18.5. The molecule has 6 heteroatoms. The predicted octanol–water partition coefficient (Wildman–Crippen LogP) is 10.1. The Morgan fingerprint density at radius 1 is 0.465 bits per heavy atom. The summed E-state index contributed by atoms with van der Waals surface area (Å²) in [4.78, 5) is 37.0. The van der Waals surface area contributed by atoms with Crippen molar-refractivity contribution in [1.82, 2.24) is 0 Å². The first-order valence-corrected chi connectivity index (χ1v) is 18.5. The molecule has 0 saturated heterocycles. The van der Waals surface area contributed by atoms with Gasteiger partial charge in [-0.1, -0.05) is 181 Å². The minimum atomic E-state index is -2.65. The van der Waals surface area contributed by atoms with Crippen LogP contribution in [0.4, 0.5) is 0 Å². The van der Waals surface area contributed by atoms with Gasteiger partial charge in [0.1, 0.15) is 0 Å². The lowest BCUT2D eigenvalue weighted by Crippen LogP contribution is -2.51. The minimum Gasteiger partial charge on any atom is -0.392 e. The number of carbonyl (C=O) groups excluding carboxylic acids is 3. The van der Waals surface area contributed by atoms with Crippen molar-refractivity contribution in [2.45, 2.75) is 212 Å². The maximum Gasteiger partial charge on any atom is 0.356 e. The molecule has 0 aliphatic heterocycles. The second-order valence-corrected chi connectivity index (χ2v) is 12.9. The van der Waals surface area contributed by atoms with Crippen LogP contribution in [0.2, 0.25) is 0 Å². The van der Waals surface area contributed by atoms with Gasteiger partial charge >= 0.3 is 11.9 Å². The van der Waals surface area contributed by atoms with Gasteiger partial charge in [0.25, 0.3) is 0 Å². The van der Waals surface area contributed by atoms with E-state index in [1.165, 1.54) is 128 Å². The van der Waals surface area contributed by atoms with E-state index in [2.05, 4.69) is 13.8 Å². The van der Waals surface area contributed by atoms with E-state index in [0.717, 1.165) is 38.5 Å². The highest BCUT2D eigenvalue weighted by Crippen LogP contribution is 2.18. The number of rotatable bonds is 33. The lowest BCUT2D eigenvalue weighted by Gasteiger charge is -2.21. The Morgan fingerprint density at radius 2 is 0.744 bits per heavy atom. The van der Waals surface area contributed by atoms with Gasteiger partial charge in [0, 0.05) is 12.8 Å². The molecule has 0 rings (SSSR count). The maximum absolute atomic E-state index is 12.5. The van der Waals surface area contributed by atoms with Crippen molar-refractivity contribution in [3.8, 4) is 0 Å².